The minimum absolute atomic E-state index is 0.0188. The topological polar surface area (TPSA) is 128 Å². The van der Waals surface area contributed by atoms with Crippen molar-refractivity contribution in [2.45, 2.75) is 24.9 Å². The zero-order chi connectivity index (χ0) is 14.5. The molecule has 0 unspecified atom stereocenters. The second kappa shape index (κ2) is 6.81. The van der Waals surface area contributed by atoms with Crippen LogP contribution in [0.15, 0.2) is 12.4 Å². The molecule has 1 rings (SSSR count). The van der Waals surface area contributed by atoms with Gasteiger partial charge in [0.05, 0.1) is 6.67 Å². The molecule has 0 aromatic rings. The third-order valence-corrected chi connectivity index (χ3v) is 4.82. The lowest BCUT2D eigenvalue weighted by Crippen LogP contribution is -2.36. The van der Waals surface area contributed by atoms with Crippen molar-refractivity contribution in [1.82, 2.24) is 9.80 Å². The maximum atomic E-state index is 8.87. The first kappa shape index (κ1) is 16.6. The largest absolute Gasteiger partial charge is 0.492 e. The highest BCUT2D eigenvalue weighted by Crippen LogP contribution is 2.12. The molecule has 8 nitrogen and oxygen atoms in total. The molecule has 0 amide bonds. The molecule has 0 saturated carbocycles. The van der Waals surface area contributed by atoms with Gasteiger partial charge in [-0.25, -0.2) is 0 Å². The second-order valence-electron chi connectivity index (χ2n) is 4.82. The van der Waals surface area contributed by atoms with Crippen LogP contribution in [0, 0.1) is 0 Å². The highest BCUT2D eigenvalue weighted by molar-refractivity contribution is 6.56. The maximum Gasteiger partial charge on any atom is 0.492 e. The molecular formula is C9H22N2O6Si2. The van der Waals surface area contributed by atoms with Crippen LogP contribution in [0.4, 0.5) is 0 Å². The van der Waals surface area contributed by atoms with Gasteiger partial charge in [-0.3, -0.25) is 0 Å². The standard InChI is InChI=1S/C9H22N2O6Si2/c12-18(13,14)7-1-3-10-5-6-11(9-10)4-2-8-19(15,16)17/h5-6,12-17H,1-4,7-9H2. The molecular weight excluding hydrogens is 288 g/mol. The average Bonchev–Trinajstić information content (AvgIpc) is 2.62. The van der Waals surface area contributed by atoms with Crippen molar-refractivity contribution in [3.8, 4) is 0 Å². The lowest BCUT2D eigenvalue weighted by atomic mass is 10.4. The summed E-state index contributed by atoms with van der Waals surface area (Å²) < 4.78 is 0. The van der Waals surface area contributed by atoms with Crippen LogP contribution in [0.25, 0.3) is 0 Å². The zero-order valence-electron chi connectivity index (χ0n) is 10.7. The summed E-state index contributed by atoms with van der Waals surface area (Å²) in [6, 6.07) is 0.0377. The normalized spacial score (nSPS) is 16.5. The summed E-state index contributed by atoms with van der Waals surface area (Å²) in [6.45, 7) is 1.86. The van der Waals surface area contributed by atoms with E-state index in [2.05, 4.69) is 0 Å². The summed E-state index contributed by atoms with van der Waals surface area (Å²) in [7, 11) is -7.86. The van der Waals surface area contributed by atoms with E-state index < -0.39 is 17.6 Å². The molecule has 0 aromatic carbocycles. The molecule has 0 aromatic heterocycles. The Balaban J connectivity index is 2.12. The van der Waals surface area contributed by atoms with E-state index in [0.29, 0.717) is 32.6 Å². The van der Waals surface area contributed by atoms with Crippen LogP contribution < -0.4 is 0 Å². The molecule has 6 N–H and O–H groups in total. The van der Waals surface area contributed by atoms with Crippen LogP contribution in [-0.2, 0) is 0 Å². The molecule has 0 saturated heterocycles. The Kier molecular flexibility index (Phi) is 5.94. The number of nitrogens with zero attached hydrogens (tertiary/aromatic N) is 2. The van der Waals surface area contributed by atoms with E-state index in [1.165, 1.54) is 0 Å². The van der Waals surface area contributed by atoms with Crippen molar-refractivity contribution in [2.75, 3.05) is 19.8 Å². The van der Waals surface area contributed by atoms with Gasteiger partial charge < -0.3 is 38.6 Å². The molecule has 1 heterocycles. The first-order valence-electron chi connectivity index (χ1n) is 6.16. The molecule has 0 aliphatic carbocycles. The van der Waals surface area contributed by atoms with E-state index in [1.54, 1.807) is 0 Å². The van der Waals surface area contributed by atoms with Crippen molar-refractivity contribution in [3.63, 3.8) is 0 Å². The lowest BCUT2D eigenvalue weighted by molar-refractivity contribution is 0.216. The molecule has 0 bridgehead atoms. The van der Waals surface area contributed by atoms with E-state index in [-0.39, 0.29) is 12.1 Å². The Hall–Kier alpha value is -0.466. The molecule has 1 aliphatic heterocycles. The van der Waals surface area contributed by atoms with Gasteiger partial charge in [-0.2, -0.15) is 0 Å². The van der Waals surface area contributed by atoms with E-state index >= 15 is 0 Å². The lowest BCUT2D eigenvalue weighted by Gasteiger charge is -2.22. The van der Waals surface area contributed by atoms with Crippen LogP contribution in [0.1, 0.15) is 12.8 Å². The molecule has 0 atom stereocenters. The first-order valence-corrected chi connectivity index (χ1v) is 10.3. The van der Waals surface area contributed by atoms with E-state index in [4.69, 9.17) is 28.8 Å². The van der Waals surface area contributed by atoms with Crippen molar-refractivity contribution in [1.29, 1.82) is 0 Å². The third kappa shape index (κ3) is 8.33. The average molecular weight is 310 g/mol. The summed E-state index contributed by atoms with van der Waals surface area (Å²) in [4.78, 5) is 57.2. The molecule has 0 radical (unpaired) electrons. The number of hydrogen-bond donors (Lipinski definition) is 6. The van der Waals surface area contributed by atoms with Crippen molar-refractivity contribution < 1.29 is 28.8 Å². The van der Waals surface area contributed by atoms with Crippen LogP contribution in [0.3, 0.4) is 0 Å². The second-order valence-corrected chi connectivity index (χ2v) is 8.92. The van der Waals surface area contributed by atoms with Crippen LogP contribution in [-0.4, -0.2) is 75.9 Å². The third-order valence-electron chi connectivity index (χ3n) is 2.77. The number of hydrogen-bond acceptors (Lipinski definition) is 8. The molecule has 10 heteroatoms. The molecule has 19 heavy (non-hydrogen) atoms. The molecule has 0 spiro atoms. The van der Waals surface area contributed by atoms with Gasteiger partial charge in [0, 0.05) is 37.6 Å². The summed E-state index contributed by atoms with van der Waals surface area (Å²) in [5.74, 6) is 0. The quantitative estimate of drug-likeness (QED) is 0.275. The Morgan fingerprint density at radius 3 is 1.42 bits per heavy atom. The van der Waals surface area contributed by atoms with Gasteiger partial charge in [0.2, 0.25) is 0 Å². The molecule has 112 valence electrons. The highest BCUT2D eigenvalue weighted by atomic mass is 28.4. The van der Waals surface area contributed by atoms with Gasteiger partial charge in [0.1, 0.15) is 0 Å². The van der Waals surface area contributed by atoms with Crippen molar-refractivity contribution in [2.24, 2.45) is 0 Å². The Bertz CT molecular complexity index is 276. The van der Waals surface area contributed by atoms with Gasteiger partial charge >= 0.3 is 17.6 Å². The summed E-state index contributed by atoms with van der Waals surface area (Å²) in [5.41, 5.74) is 0. The number of rotatable bonds is 8. The van der Waals surface area contributed by atoms with Gasteiger partial charge in [-0.05, 0) is 12.8 Å². The summed E-state index contributed by atoms with van der Waals surface area (Å²) >= 11 is 0. The minimum Gasteiger partial charge on any atom is -0.390 e. The van der Waals surface area contributed by atoms with Gasteiger partial charge in [0.25, 0.3) is 0 Å². The maximum absolute atomic E-state index is 8.87. The van der Waals surface area contributed by atoms with Gasteiger partial charge in [-0.15, -0.1) is 0 Å². The van der Waals surface area contributed by atoms with Gasteiger partial charge in [-0.1, -0.05) is 0 Å². The predicted octanol–water partition coefficient (Wildman–Crippen LogP) is -2.36. The highest BCUT2D eigenvalue weighted by Gasteiger charge is 2.27. The van der Waals surface area contributed by atoms with Crippen molar-refractivity contribution >= 4 is 17.6 Å². The monoisotopic (exact) mass is 310 g/mol. The summed E-state index contributed by atoms with van der Waals surface area (Å²) in [5, 5.41) is 0. The van der Waals surface area contributed by atoms with Crippen LogP contribution >= 0.6 is 0 Å². The Morgan fingerprint density at radius 1 is 0.737 bits per heavy atom. The molecule has 1 aliphatic rings. The Morgan fingerprint density at radius 2 is 1.11 bits per heavy atom. The zero-order valence-corrected chi connectivity index (χ0v) is 12.7. The molecule has 0 fully saturated rings. The summed E-state index contributed by atoms with van der Waals surface area (Å²) in [6.07, 6.45) is 4.70. The van der Waals surface area contributed by atoms with Crippen LogP contribution in [0.2, 0.25) is 12.1 Å². The fraction of sp³-hybridized carbons (Fsp3) is 0.778. The van der Waals surface area contributed by atoms with Gasteiger partial charge in [0.15, 0.2) is 0 Å². The fourth-order valence-corrected chi connectivity index (χ4v) is 3.11. The van der Waals surface area contributed by atoms with E-state index in [9.17, 15) is 0 Å². The first-order chi connectivity index (χ1) is 8.66. The minimum atomic E-state index is -3.93. The smallest absolute Gasteiger partial charge is 0.390 e. The SMILES string of the molecule is O[Si](O)(O)CCCN1C=CN(CCC[Si](O)(O)O)C1. The fourth-order valence-electron chi connectivity index (χ4n) is 1.85. The predicted molar refractivity (Wildman–Crippen MR) is 71.1 cm³/mol. The van der Waals surface area contributed by atoms with E-state index in [1.807, 2.05) is 22.2 Å². The van der Waals surface area contributed by atoms with Crippen LogP contribution in [0.5, 0.6) is 0 Å². The van der Waals surface area contributed by atoms with Crippen molar-refractivity contribution in [3.05, 3.63) is 12.4 Å². The Labute approximate surface area is 114 Å². The van der Waals surface area contributed by atoms with E-state index in [0.717, 1.165) is 0 Å².